The Kier molecular flexibility index (Phi) is 4.07. The van der Waals surface area contributed by atoms with Crippen molar-refractivity contribution in [3.05, 3.63) is 23.2 Å². The predicted octanol–water partition coefficient (Wildman–Crippen LogP) is 1.80. The lowest BCUT2D eigenvalue weighted by molar-refractivity contribution is 0.0434. The number of aromatic nitrogens is 3. The molecule has 2 aromatic rings. The Morgan fingerprint density at radius 2 is 2.28 bits per heavy atom. The summed E-state index contributed by atoms with van der Waals surface area (Å²) in [7, 11) is 0. The van der Waals surface area contributed by atoms with Gasteiger partial charge in [0, 0.05) is 17.7 Å². The highest BCUT2D eigenvalue weighted by Crippen LogP contribution is 2.24. The average molecular weight is 289 g/mol. The van der Waals surface area contributed by atoms with E-state index in [-0.39, 0.29) is 24.5 Å². The number of nitrogens with zero attached hydrogens (tertiary/aromatic N) is 3. The van der Waals surface area contributed by atoms with Crippen molar-refractivity contribution in [3.8, 4) is 0 Å². The molecule has 0 saturated carbocycles. The Morgan fingerprint density at radius 1 is 1.44 bits per heavy atom. The van der Waals surface area contributed by atoms with Crippen molar-refractivity contribution in [3.63, 3.8) is 0 Å². The highest BCUT2D eigenvalue weighted by Gasteiger charge is 2.26. The van der Waals surface area contributed by atoms with E-state index < -0.39 is 0 Å². The molecule has 0 radical (unpaired) electrons. The third-order valence-electron chi connectivity index (χ3n) is 3.13. The molecule has 3 rings (SSSR count). The molecule has 0 aliphatic carbocycles. The summed E-state index contributed by atoms with van der Waals surface area (Å²) in [6, 6.07) is 5.66. The van der Waals surface area contributed by atoms with E-state index in [1.807, 2.05) is 16.8 Å². The molecule has 1 fully saturated rings. The lowest BCUT2D eigenvalue weighted by atomic mass is 10.0. The molecule has 18 heavy (non-hydrogen) atoms. The van der Waals surface area contributed by atoms with Gasteiger partial charge in [-0.2, -0.15) is 0 Å². The van der Waals surface area contributed by atoms with Crippen LogP contribution < -0.4 is 5.73 Å². The van der Waals surface area contributed by atoms with E-state index >= 15 is 0 Å². The summed E-state index contributed by atoms with van der Waals surface area (Å²) < 4.78 is 7.30. The summed E-state index contributed by atoms with van der Waals surface area (Å²) in [5.41, 5.74) is 7.83. The van der Waals surface area contributed by atoms with E-state index in [2.05, 4.69) is 10.3 Å². The lowest BCUT2D eigenvalue weighted by Gasteiger charge is -2.28. The van der Waals surface area contributed by atoms with Gasteiger partial charge in [0.15, 0.2) is 0 Å². The van der Waals surface area contributed by atoms with Gasteiger partial charge in [0.2, 0.25) is 0 Å². The number of ether oxygens (including phenoxy) is 1. The molecule has 98 valence electrons. The maximum Gasteiger partial charge on any atom is 0.114 e. The number of rotatable bonds is 1. The number of hydrogen-bond acceptors (Lipinski definition) is 4. The van der Waals surface area contributed by atoms with Crippen LogP contribution >= 0.6 is 24.0 Å². The quantitative estimate of drug-likeness (QED) is 0.869. The summed E-state index contributed by atoms with van der Waals surface area (Å²) in [6.45, 7) is 1.30. The highest BCUT2D eigenvalue weighted by atomic mass is 35.5. The van der Waals surface area contributed by atoms with Gasteiger partial charge in [-0.1, -0.05) is 16.8 Å². The predicted molar refractivity (Wildman–Crippen MR) is 72.2 cm³/mol. The summed E-state index contributed by atoms with van der Waals surface area (Å²) in [5, 5.41) is 8.93. The van der Waals surface area contributed by atoms with Crippen LogP contribution in [0.5, 0.6) is 0 Å². The monoisotopic (exact) mass is 288 g/mol. The molecule has 1 saturated heterocycles. The molecule has 0 amide bonds. The molecule has 2 N–H and O–H groups in total. The van der Waals surface area contributed by atoms with Gasteiger partial charge >= 0.3 is 0 Å². The first-order valence-corrected chi connectivity index (χ1v) is 5.97. The second kappa shape index (κ2) is 5.40. The molecule has 1 aliphatic heterocycles. The Hall–Kier alpha value is -0.880. The second-order valence-corrected chi connectivity index (χ2v) is 4.70. The average Bonchev–Trinajstić information content (AvgIpc) is 2.72. The second-order valence-electron chi connectivity index (χ2n) is 4.26. The molecular weight excluding hydrogens is 275 g/mol. The van der Waals surface area contributed by atoms with Crippen LogP contribution in [0.1, 0.15) is 12.5 Å². The van der Waals surface area contributed by atoms with Gasteiger partial charge in [-0.15, -0.1) is 17.5 Å². The lowest BCUT2D eigenvalue weighted by Crippen LogP contribution is -2.40. The van der Waals surface area contributed by atoms with Gasteiger partial charge in [0.25, 0.3) is 0 Å². The molecule has 0 spiro atoms. The molecule has 5 nitrogen and oxygen atoms in total. The van der Waals surface area contributed by atoms with Crippen molar-refractivity contribution in [2.45, 2.75) is 18.5 Å². The fourth-order valence-electron chi connectivity index (χ4n) is 2.15. The van der Waals surface area contributed by atoms with Crippen LogP contribution in [0.3, 0.4) is 0 Å². The summed E-state index contributed by atoms with van der Waals surface area (Å²) in [5.74, 6) is 0. The van der Waals surface area contributed by atoms with E-state index in [0.717, 1.165) is 24.1 Å². The van der Waals surface area contributed by atoms with Crippen LogP contribution in [-0.2, 0) is 4.74 Å². The van der Waals surface area contributed by atoms with E-state index in [1.165, 1.54) is 0 Å². The van der Waals surface area contributed by atoms with E-state index in [1.54, 1.807) is 6.07 Å². The fraction of sp³-hybridized carbons (Fsp3) is 0.455. The van der Waals surface area contributed by atoms with Gasteiger partial charge < -0.3 is 10.5 Å². The zero-order chi connectivity index (χ0) is 11.8. The smallest absolute Gasteiger partial charge is 0.114 e. The minimum atomic E-state index is 0. The number of nitrogens with two attached hydrogens (primary N) is 1. The molecule has 1 aromatic heterocycles. The van der Waals surface area contributed by atoms with Crippen molar-refractivity contribution in [2.24, 2.45) is 5.73 Å². The summed E-state index contributed by atoms with van der Waals surface area (Å²) >= 11 is 5.92. The Bertz CT molecular complexity index is 545. The van der Waals surface area contributed by atoms with Crippen LogP contribution in [0, 0.1) is 0 Å². The van der Waals surface area contributed by atoms with Crippen LogP contribution in [0.2, 0.25) is 5.02 Å². The zero-order valence-electron chi connectivity index (χ0n) is 9.62. The van der Waals surface area contributed by atoms with Gasteiger partial charge in [0.1, 0.15) is 5.52 Å². The molecule has 1 aliphatic rings. The van der Waals surface area contributed by atoms with Crippen LogP contribution in [0.25, 0.3) is 11.0 Å². The molecular formula is C11H14Cl2N4O. The van der Waals surface area contributed by atoms with Gasteiger partial charge in [-0.05, 0) is 24.6 Å². The van der Waals surface area contributed by atoms with E-state index in [9.17, 15) is 0 Å². The number of benzene rings is 1. The largest absolute Gasteiger partial charge is 0.379 e. The van der Waals surface area contributed by atoms with E-state index in [0.29, 0.717) is 11.6 Å². The van der Waals surface area contributed by atoms with Crippen molar-refractivity contribution in [2.75, 3.05) is 13.2 Å². The minimum Gasteiger partial charge on any atom is -0.379 e. The normalized spacial score (nSPS) is 23.9. The Morgan fingerprint density at radius 3 is 3.06 bits per heavy atom. The van der Waals surface area contributed by atoms with Gasteiger partial charge in [0.05, 0.1) is 18.2 Å². The van der Waals surface area contributed by atoms with Gasteiger partial charge in [-0.25, -0.2) is 4.68 Å². The maximum atomic E-state index is 6.10. The Labute approximate surface area is 116 Å². The van der Waals surface area contributed by atoms with Crippen molar-refractivity contribution < 1.29 is 4.74 Å². The number of fused-ring (bicyclic) bond motifs is 1. The van der Waals surface area contributed by atoms with Crippen LogP contribution in [-0.4, -0.2) is 34.2 Å². The fourth-order valence-corrected chi connectivity index (χ4v) is 2.32. The molecule has 7 heteroatoms. The Balaban J connectivity index is 0.00000120. The van der Waals surface area contributed by atoms with Crippen molar-refractivity contribution in [1.29, 1.82) is 0 Å². The third kappa shape index (κ3) is 2.31. The molecule has 0 bridgehead atoms. The third-order valence-corrected chi connectivity index (χ3v) is 3.36. The first kappa shape index (κ1) is 13.5. The van der Waals surface area contributed by atoms with Crippen molar-refractivity contribution in [1.82, 2.24) is 15.0 Å². The minimum absolute atomic E-state index is 0. The number of hydrogen-bond donors (Lipinski definition) is 1. The summed E-state index contributed by atoms with van der Waals surface area (Å²) in [4.78, 5) is 0. The SMILES string of the molecule is Cl.N[C@@H]1CCOC[C@H]1n1nnc2cc(Cl)ccc21. The maximum absolute atomic E-state index is 6.10. The zero-order valence-corrected chi connectivity index (χ0v) is 11.2. The molecule has 0 unspecified atom stereocenters. The van der Waals surface area contributed by atoms with E-state index in [4.69, 9.17) is 22.1 Å². The van der Waals surface area contributed by atoms with Gasteiger partial charge in [-0.3, -0.25) is 0 Å². The number of halogens is 2. The highest BCUT2D eigenvalue weighted by molar-refractivity contribution is 6.31. The first-order chi connectivity index (χ1) is 8.25. The first-order valence-electron chi connectivity index (χ1n) is 5.59. The van der Waals surface area contributed by atoms with Crippen LogP contribution in [0.4, 0.5) is 0 Å². The topological polar surface area (TPSA) is 66.0 Å². The molecule has 1 aromatic carbocycles. The van der Waals surface area contributed by atoms with Crippen molar-refractivity contribution >= 4 is 35.0 Å². The molecule has 2 atom stereocenters. The standard InChI is InChI=1S/C11H13ClN4O.ClH/c12-7-1-2-10-9(5-7)14-15-16(10)11-6-17-4-3-8(11)13;/h1-2,5,8,11H,3-4,6,13H2;1H/t8-,11-;/m1./s1. The van der Waals surface area contributed by atoms with Crippen LogP contribution in [0.15, 0.2) is 18.2 Å². The summed E-state index contributed by atoms with van der Waals surface area (Å²) in [6.07, 6.45) is 0.847. The molecule has 2 heterocycles.